The van der Waals surface area contributed by atoms with Crippen LogP contribution in [0.2, 0.25) is 0 Å². The molecule has 0 N–H and O–H groups in total. The molecule has 0 atom stereocenters. The molecule has 0 saturated heterocycles. The van der Waals surface area contributed by atoms with Crippen molar-refractivity contribution in [3.63, 3.8) is 0 Å². The van der Waals surface area contributed by atoms with Crippen LogP contribution in [-0.4, -0.2) is 51.3 Å². The van der Waals surface area contributed by atoms with Gasteiger partial charge in [0.15, 0.2) is 0 Å². The molecule has 0 amide bonds. The van der Waals surface area contributed by atoms with E-state index in [-0.39, 0.29) is 0 Å². The van der Waals surface area contributed by atoms with Gasteiger partial charge >= 0.3 is 0 Å². The Morgan fingerprint density at radius 1 is 0.542 bits per heavy atom. The number of benzene rings is 2. The van der Waals surface area contributed by atoms with Crippen LogP contribution in [0.15, 0.2) is 58.3 Å². The first-order valence-electron chi connectivity index (χ1n) is 8.24. The maximum atomic E-state index is 2.25. The summed E-state index contributed by atoms with van der Waals surface area (Å²) in [7, 11) is 17.0. The van der Waals surface area contributed by atoms with E-state index < -0.39 is 0 Å². The highest BCUT2D eigenvalue weighted by Gasteiger charge is 2.09. The van der Waals surface area contributed by atoms with E-state index >= 15 is 0 Å². The van der Waals surface area contributed by atoms with Crippen LogP contribution in [-0.2, 0) is 13.1 Å². The van der Waals surface area contributed by atoms with Crippen molar-refractivity contribution in [3.05, 3.63) is 59.7 Å². The molecule has 2 rings (SSSR count). The Kier molecular flexibility index (Phi) is 6.43. The number of nitrogens with zero attached hydrogens (tertiary/aromatic N) is 2. The summed E-state index contributed by atoms with van der Waals surface area (Å²) in [4.78, 5) is 2.61. The van der Waals surface area contributed by atoms with Crippen molar-refractivity contribution in [1.82, 2.24) is 0 Å². The van der Waals surface area contributed by atoms with Crippen LogP contribution in [0.3, 0.4) is 0 Å². The molecule has 2 aromatic carbocycles. The summed E-state index contributed by atoms with van der Waals surface area (Å²) in [5.41, 5.74) is 2.78. The van der Waals surface area contributed by atoms with E-state index in [4.69, 9.17) is 0 Å². The maximum Gasteiger partial charge on any atom is 0.104 e. The molecule has 0 radical (unpaired) electrons. The van der Waals surface area contributed by atoms with Crippen molar-refractivity contribution >= 4 is 21.6 Å². The summed E-state index contributed by atoms with van der Waals surface area (Å²) < 4.78 is 1.92. The lowest BCUT2D eigenvalue weighted by Crippen LogP contribution is -2.33. The van der Waals surface area contributed by atoms with Gasteiger partial charge in [-0.1, -0.05) is 45.9 Å². The van der Waals surface area contributed by atoms with Crippen LogP contribution in [0.5, 0.6) is 0 Å². The van der Waals surface area contributed by atoms with Gasteiger partial charge in [0.05, 0.1) is 42.3 Å². The van der Waals surface area contributed by atoms with Gasteiger partial charge in [0.1, 0.15) is 13.1 Å². The Balaban J connectivity index is 1.89. The standard InChI is InChI=1S/C20H30N2S2/c1-21(2,3)15-17-7-11-19(12-8-17)23-24-20-13-9-18(10-14-20)16-22(4,5)6/h7-14H,15-16H2,1-6H3/q+2. The molecule has 0 saturated carbocycles. The number of hydrogen-bond donors (Lipinski definition) is 0. The van der Waals surface area contributed by atoms with Crippen LogP contribution in [0.4, 0.5) is 0 Å². The molecule has 0 aliphatic rings. The molecule has 0 heterocycles. The van der Waals surface area contributed by atoms with E-state index in [0.717, 1.165) is 22.1 Å². The molecule has 0 aliphatic heterocycles. The fraction of sp³-hybridized carbons (Fsp3) is 0.400. The van der Waals surface area contributed by atoms with E-state index in [2.05, 4.69) is 90.8 Å². The molecular weight excluding hydrogens is 332 g/mol. The fourth-order valence-corrected chi connectivity index (χ4v) is 4.42. The lowest BCUT2D eigenvalue weighted by molar-refractivity contribution is -0.884. The maximum absolute atomic E-state index is 2.25. The summed E-state index contributed by atoms with van der Waals surface area (Å²) in [5, 5.41) is 0. The molecule has 0 fully saturated rings. The molecule has 0 aliphatic carbocycles. The van der Waals surface area contributed by atoms with Gasteiger partial charge in [-0.05, 0) is 24.3 Å². The molecule has 2 nitrogen and oxygen atoms in total. The molecule has 0 unspecified atom stereocenters. The minimum absolute atomic E-state index is 0.959. The molecule has 2 aromatic rings. The first kappa shape index (κ1) is 19.4. The van der Waals surface area contributed by atoms with Crippen LogP contribution in [0.25, 0.3) is 0 Å². The Hall–Kier alpha value is -0.940. The van der Waals surface area contributed by atoms with Gasteiger partial charge in [-0.25, -0.2) is 0 Å². The number of quaternary nitrogens is 2. The van der Waals surface area contributed by atoms with Gasteiger partial charge in [-0.3, -0.25) is 0 Å². The quantitative estimate of drug-likeness (QED) is 0.507. The van der Waals surface area contributed by atoms with Gasteiger partial charge < -0.3 is 8.97 Å². The Morgan fingerprint density at radius 2 is 0.833 bits per heavy atom. The third kappa shape index (κ3) is 7.31. The zero-order valence-corrected chi connectivity index (χ0v) is 17.4. The molecule has 4 heteroatoms. The van der Waals surface area contributed by atoms with Gasteiger partial charge in [0.25, 0.3) is 0 Å². The Labute approximate surface area is 155 Å². The minimum Gasteiger partial charge on any atom is -0.327 e. The van der Waals surface area contributed by atoms with Crippen LogP contribution < -0.4 is 0 Å². The van der Waals surface area contributed by atoms with Gasteiger partial charge in [0, 0.05) is 20.9 Å². The number of rotatable bonds is 7. The summed E-state index contributed by atoms with van der Waals surface area (Å²) in [6.07, 6.45) is 0. The van der Waals surface area contributed by atoms with E-state index in [1.807, 2.05) is 21.6 Å². The summed E-state index contributed by atoms with van der Waals surface area (Å²) in [5.74, 6) is 0. The van der Waals surface area contributed by atoms with E-state index in [1.165, 1.54) is 20.9 Å². The molecule has 0 spiro atoms. The largest absolute Gasteiger partial charge is 0.327 e. The lowest BCUT2D eigenvalue weighted by Gasteiger charge is -2.24. The molecule has 0 bridgehead atoms. The fourth-order valence-electron chi connectivity index (χ4n) is 2.49. The highest BCUT2D eigenvalue weighted by molar-refractivity contribution is 8.76. The SMILES string of the molecule is C[N+](C)(C)Cc1ccc(SSc2ccc(C[N+](C)(C)C)cc2)cc1. The second-order valence-electron chi connectivity index (χ2n) is 8.35. The van der Waals surface area contributed by atoms with Crippen molar-refractivity contribution in [2.45, 2.75) is 22.9 Å². The molecule has 0 aromatic heterocycles. The van der Waals surface area contributed by atoms with E-state index in [0.29, 0.717) is 0 Å². The molecule has 24 heavy (non-hydrogen) atoms. The Bertz CT molecular complexity index is 576. The van der Waals surface area contributed by atoms with Gasteiger partial charge in [0.2, 0.25) is 0 Å². The summed E-state index contributed by atoms with van der Waals surface area (Å²) >= 11 is 0. The average molecular weight is 363 g/mol. The van der Waals surface area contributed by atoms with Crippen LogP contribution in [0.1, 0.15) is 11.1 Å². The zero-order chi connectivity index (χ0) is 17.8. The summed E-state index contributed by atoms with van der Waals surface area (Å²) in [6.45, 7) is 2.12. The first-order valence-corrected chi connectivity index (χ1v) is 10.4. The minimum atomic E-state index is 0.959. The topological polar surface area (TPSA) is 0 Å². The van der Waals surface area contributed by atoms with Crippen molar-refractivity contribution in [1.29, 1.82) is 0 Å². The van der Waals surface area contributed by atoms with Crippen molar-refractivity contribution in [3.8, 4) is 0 Å². The predicted molar refractivity (Wildman–Crippen MR) is 108 cm³/mol. The highest BCUT2D eigenvalue weighted by atomic mass is 33.1. The monoisotopic (exact) mass is 362 g/mol. The van der Waals surface area contributed by atoms with Crippen molar-refractivity contribution < 1.29 is 8.97 Å². The second-order valence-corrected chi connectivity index (χ2v) is 10.6. The summed E-state index contributed by atoms with van der Waals surface area (Å²) in [6, 6.07) is 17.9. The van der Waals surface area contributed by atoms with E-state index in [9.17, 15) is 0 Å². The second kappa shape index (κ2) is 7.96. The van der Waals surface area contributed by atoms with Gasteiger partial charge in [-0.2, -0.15) is 0 Å². The van der Waals surface area contributed by atoms with Crippen molar-refractivity contribution in [2.75, 3.05) is 42.3 Å². The third-order valence-corrected chi connectivity index (χ3v) is 5.81. The first-order chi connectivity index (χ1) is 11.1. The molecule has 130 valence electrons. The number of hydrogen-bond acceptors (Lipinski definition) is 2. The van der Waals surface area contributed by atoms with E-state index in [1.54, 1.807) is 0 Å². The van der Waals surface area contributed by atoms with Crippen LogP contribution in [0, 0.1) is 0 Å². The predicted octanol–water partition coefficient (Wildman–Crippen LogP) is 4.90. The lowest BCUT2D eigenvalue weighted by atomic mass is 10.2. The Morgan fingerprint density at radius 3 is 1.08 bits per heavy atom. The normalized spacial score (nSPS) is 12.4. The van der Waals surface area contributed by atoms with Crippen LogP contribution >= 0.6 is 21.6 Å². The zero-order valence-electron chi connectivity index (χ0n) is 15.7. The van der Waals surface area contributed by atoms with Gasteiger partial charge in [-0.15, -0.1) is 0 Å². The smallest absolute Gasteiger partial charge is 0.104 e. The third-order valence-electron chi connectivity index (χ3n) is 3.39. The highest BCUT2D eigenvalue weighted by Crippen LogP contribution is 2.37. The van der Waals surface area contributed by atoms with Crippen molar-refractivity contribution in [2.24, 2.45) is 0 Å². The molecular formula is C20H30N2S2+2. The average Bonchev–Trinajstić information content (AvgIpc) is 2.45.